The van der Waals surface area contributed by atoms with Gasteiger partial charge in [-0.05, 0) is 6.04 Å². The topological polar surface area (TPSA) is 9.23 Å². The van der Waals surface area contributed by atoms with Gasteiger partial charge in [-0.15, -0.1) is 6.58 Å². The molecule has 0 N–H and O–H groups in total. The Morgan fingerprint density at radius 2 is 2.57 bits per heavy atom. The fourth-order valence-electron chi connectivity index (χ4n) is 0.201. The maximum absolute atomic E-state index is 4.99. The molecular weight excluding hydrogens is 133 g/mol. The summed E-state index contributed by atoms with van der Waals surface area (Å²) in [5, 5.41) is 0. The van der Waals surface area contributed by atoms with E-state index in [-0.39, 0.29) is 35.7 Å². The van der Waals surface area contributed by atoms with Gasteiger partial charge in [0.15, 0.2) is 0 Å². The van der Waals surface area contributed by atoms with Crippen LogP contribution in [0.25, 0.3) is 0 Å². The van der Waals surface area contributed by atoms with Crippen LogP contribution >= 0.6 is 0 Å². The molecular formula is C3H12MgOSi2. The van der Waals surface area contributed by atoms with Crippen LogP contribution in [0.3, 0.4) is 0 Å². The number of allylic oxidation sites excluding steroid dienone is 1. The Hall–Kier alpha value is 0.900. The van der Waals surface area contributed by atoms with Gasteiger partial charge in [-0.3, -0.25) is 0 Å². The van der Waals surface area contributed by atoms with Gasteiger partial charge < -0.3 is 6.97 Å². The first-order valence-electron chi connectivity index (χ1n) is 2.01. The summed E-state index contributed by atoms with van der Waals surface area (Å²) in [6, 6.07) is 1.13. The first kappa shape index (κ1) is 10.8. The van der Waals surface area contributed by atoms with E-state index in [1.54, 1.807) is 0 Å². The van der Waals surface area contributed by atoms with E-state index in [4.69, 9.17) is 4.12 Å². The third-order valence-corrected chi connectivity index (χ3v) is 2.80. The molecule has 0 aliphatic carbocycles. The number of hydrogen-bond donors (Lipinski definition) is 0. The predicted molar refractivity (Wildman–Crippen MR) is 42.6 cm³/mol. The summed E-state index contributed by atoms with van der Waals surface area (Å²) >= 11 is 0. The van der Waals surface area contributed by atoms with Crippen LogP contribution in [0.2, 0.25) is 6.04 Å². The van der Waals surface area contributed by atoms with Gasteiger partial charge in [0.05, 0.1) is 0 Å². The monoisotopic (exact) mass is 144 g/mol. The first-order valence-corrected chi connectivity index (χ1v) is 4.41. The zero-order chi connectivity index (χ0) is 4.83. The Labute approximate surface area is 69.1 Å². The van der Waals surface area contributed by atoms with Crippen LogP contribution in [0.5, 0.6) is 0 Å². The molecule has 0 fully saturated rings. The Kier molecular flexibility index (Phi) is 15.4. The minimum atomic E-state index is -0.135. The molecule has 4 heteroatoms. The van der Waals surface area contributed by atoms with Crippen LogP contribution < -0.4 is 0 Å². The molecule has 0 spiro atoms. The molecule has 0 aliphatic rings. The van der Waals surface area contributed by atoms with Crippen LogP contribution in [0.15, 0.2) is 12.7 Å². The Bertz CT molecular complexity index is 48.8. The Morgan fingerprint density at radius 1 is 2.00 bits per heavy atom. The van der Waals surface area contributed by atoms with Gasteiger partial charge in [0.25, 0.3) is 0 Å². The Balaban J connectivity index is -0.0000000417. The van der Waals surface area contributed by atoms with Gasteiger partial charge in [-0.25, -0.2) is 0 Å². The van der Waals surface area contributed by atoms with E-state index in [1.807, 2.05) is 6.08 Å². The molecule has 40 valence electrons. The van der Waals surface area contributed by atoms with Gasteiger partial charge in [0.2, 0.25) is 0 Å². The second kappa shape index (κ2) is 10.0. The summed E-state index contributed by atoms with van der Waals surface area (Å²) in [5.41, 5.74) is 0. The molecule has 0 aromatic rings. The standard InChI is InChI=1S/C3H10OSi2.Mg.2H/c1-2-3-6-4-5;;;/h2H,1,3,6H2,5H3;;;/q;+2;2*-1. The van der Waals surface area contributed by atoms with E-state index >= 15 is 0 Å². The minimum absolute atomic E-state index is 0. The molecule has 0 unspecified atom stereocenters. The summed E-state index contributed by atoms with van der Waals surface area (Å²) in [4.78, 5) is 0. The van der Waals surface area contributed by atoms with Crippen LogP contribution in [0, 0.1) is 0 Å². The quantitative estimate of drug-likeness (QED) is 0.275. The average molecular weight is 145 g/mol. The SMILES string of the molecule is C=CC[SiH2]O[SiH3].[H-].[H-].[Mg+2]. The molecule has 0 saturated heterocycles. The second-order valence-corrected chi connectivity index (χ2v) is 4.37. The van der Waals surface area contributed by atoms with Crippen LogP contribution in [-0.4, -0.2) is 43.3 Å². The molecule has 0 bridgehead atoms. The maximum atomic E-state index is 4.99. The predicted octanol–water partition coefficient (Wildman–Crippen LogP) is -1.18. The van der Waals surface area contributed by atoms with Gasteiger partial charge in [0.1, 0.15) is 20.2 Å². The molecule has 0 radical (unpaired) electrons. The van der Waals surface area contributed by atoms with Crippen molar-refractivity contribution >= 4 is 43.3 Å². The van der Waals surface area contributed by atoms with E-state index in [1.165, 1.54) is 0 Å². The molecule has 0 atom stereocenters. The second-order valence-electron chi connectivity index (χ2n) is 1.07. The van der Waals surface area contributed by atoms with Gasteiger partial charge >= 0.3 is 23.1 Å². The Morgan fingerprint density at radius 3 is 2.71 bits per heavy atom. The van der Waals surface area contributed by atoms with Crippen molar-refractivity contribution in [3.63, 3.8) is 0 Å². The average Bonchev–Trinajstić information content (AvgIpc) is 1.61. The summed E-state index contributed by atoms with van der Waals surface area (Å²) in [5.74, 6) is 0. The molecule has 0 rings (SSSR count). The summed E-state index contributed by atoms with van der Waals surface area (Å²) in [7, 11) is 0.783. The van der Waals surface area contributed by atoms with Crippen LogP contribution in [0.1, 0.15) is 2.85 Å². The fraction of sp³-hybridized carbons (Fsp3) is 0.333. The first-order chi connectivity index (χ1) is 2.91. The molecule has 7 heavy (non-hydrogen) atoms. The zero-order valence-electron chi connectivity index (χ0n) is 6.81. The zero-order valence-corrected chi connectivity index (χ0v) is 9.64. The summed E-state index contributed by atoms with van der Waals surface area (Å²) in [6.45, 7) is 3.57. The van der Waals surface area contributed by atoms with Crippen molar-refractivity contribution in [1.82, 2.24) is 0 Å². The van der Waals surface area contributed by atoms with Gasteiger partial charge in [-0.2, -0.15) is 0 Å². The molecule has 0 saturated carbocycles. The molecule has 0 heterocycles. The molecule has 0 aromatic carbocycles. The van der Waals surface area contributed by atoms with Crippen molar-refractivity contribution in [3.05, 3.63) is 12.7 Å². The van der Waals surface area contributed by atoms with Crippen LogP contribution in [-0.2, 0) is 4.12 Å². The minimum Gasteiger partial charge on any atom is -1.00 e. The molecule has 0 amide bonds. The van der Waals surface area contributed by atoms with Crippen molar-refractivity contribution in [2.75, 3.05) is 0 Å². The largest absolute Gasteiger partial charge is 2.00 e. The third kappa shape index (κ3) is 10.9. The number of hydrogen-bond acceptors (Lipinski definition) is 1. The van der Waals surface area contributed by atoms with E-state index in [9.17, 15) is 0 Å². The van der Waals surface area contributed by atoms with E-state index in [0.717, 1.165) is 16.5 Å². The third-order valence-electron chi connectivity index (χ3n) is 0.526. The van der Waals surface area contributed by atoms with E-state index in [0.29, 0.717) is 0 Å². The van der Waals surface area contributed by atoms with Gasteiger partial charge in [-0.1, -0.05) is 6.08 Å². The number of rotatable bonds is 3. The van der Waals surface area contributed by atoms with Gasteiger partial charge in [0, 0.05) is 0 Å². The molecule has 1 nitrogen and oxygen atoms in total. The van der Waals surface area contributed by atoms with E-state index in [2.05, 4.69) is 6.58 Å². The van der Waals surface area contributed by atoms with Crippen molar-refractivity contribution in [3.8, 4) is 0 Å². The molecule has 0 aromatic heterocycles. The van der Waals surface area contributed by atoms with Crippen molar-refractivity contribution in [1.29, 1.82) is 0 Å². The van der Waals surface area contributed by atoms with Crippen molar-refractivity contribution < 1.29 is 6.97 Å². The maximum Gasteiger partial charge on any atom is 2.00 e. The summed E-state index contributed by atoms with van der Waals surface area (Å²) < 4.78 is 4.99. The smallest absolute Gasteiger partial charge is 1.00 e. The fourth-order valence-corrected chi connectivity index (χ4v) is 1.31. The summed E-state index contributed by atoms with van der Waals surface area (Å²) in [6.07, 6.45) is 1.92. The van der Waals surface area contributed by atoms with E-state index < -0.39 is 0 Å². The van der Waals surface area contributed by atoms with Crippen molar-refractivity contribution in [2.24, 2.45) is 0 Å². The van der Waals surface area contributed by atoms with Crippen molar-refractivity contribution in [2.45, 2.75) is 6.04 Å². The normalized spacial score (nSPS) is 9.14. The molecule has 0 aliphatic heterocycles. The van der Waals surface area contributed by atoms with Crippen LogP contribution in [0.4, 0.5) is 0 Å².